The van der Waals surface area contributed by atoms with E-state index in [-0.39, 0.29) is 0 Å². The monoisotopic (exact) mass is 348 g/mol. The Morgan fingerprint density at radius 2 is 2.04 bits per heavy atom. The number of hydrogen-bond donors (Lipinski definition) is 0. The van der Waals surface area contributed by atoms with E-state index in [2.05, 4.69) is 9.88 Å². The van der Waals surface area contributed by atoms with Gasteiger partial charge in [-0.2, -0.15) is 9.57 Å². The fraction of sp³-hybridized carbons (Fsp3) is 0.333. The highest BCUT2D eigenvalue weighted by Gasteiger charge is 2.27. The minimum atomic E-state index is -3.40. The van der Waals surface area contributed by atoms with Gasteiger partial charge in [-0.1, -0.05) is 6.07 Å². The Hall–Kier alpha value is -1.95. The summed E-state index contributed by atoms with van der Waals surface area (Å²) in [6.07, 6.45) is 2.28. The number of aromatic nitrogens is 1. The second-order valence-electron chi connectivity index (χ2n) is 5.19. The molecule has 0 saturated carbocycles. The average molecular weight is 348 g/mol. The molecule has 0 aromatic carbocycles. The Morgan fingerprint density at radius 1 is 1.17 bits per heavy atom. The van der Waals surface area contributed by atoms with Crippen LogP contribution in [0.15, 0.2) is 40.1 Å². The first-order valence-electron chi connectivity index (χ1n) is 7.26. The fourth-order valence-electron chi connectivity index (χ4n) is 2.54. The largest absolute Gasteiger partial charge is 0.355 e. The van der Waals surface area contributed by atoms with Crippen LogP contribution in [0.25, 0.3) is 0 Å². The Morgan fingerprint density at radius 3 is 2.70 bits per heavy atom. The van der Waals surface area contributed by atoms with Gasteiger partial charge in [-0.25, -0.2) is 13.4 Å². The van der Waals surface area contributed by atoms with Gasteiger partial charge < -0.3 is 4.90 Å². The molecule has 0 unspecified atom stereocenters. The molecule has 1 aliphatic heterocycles. The normalized spacial score (nSPS) is 16.7. The Kier molecular flexibility index (Phi) is 4.61. The van der Waals surface area contributed by atoms with E-state index >= 15 is 0 Å². The first-order chi connectivity index (χ1) is 11.1. The average Bonchev–Trinajstić information content (AvgIpc) is 3.00. The van der Waals surface area contributed by atoms with Crippen molar-refractivity contribution in [2.75, 3.05) is 31.1 Å². The van der Waals surface area contributed by atoms with Crippen molar-refractivity contribution in [2.45, 2.75) is 10.6 Å². The van der Waals surface area contributed by atoms with Crippen molar-refractivity contribution in [3.63, 3.8) is 0 Å². The lowest BCUT2D eigenvalue weighted by Gasteiger charge is -2.22. The summed E-state index contributed by atoms with van der Waals surface area (Å²) in [7, 11) is -3.40. The highest BCUT2D eigenvalue weighted by Crippen LogP contribution is 2.23. The van der Waals surface area contributed by atoms with Crippen molar-refractivity contribution in [1.82, 2.24) is 9.29 Å². The Bertz CT molecular complexity index is 795. The molecular formula is C15H16N4O2S2. The maximum absolute atomic E-state index is 12.6. The van der Waals surface area contributed by atoms with Crippen molar-refractivity contribution in [3.05, 3.63) is 41.4 Å². The SMILES string of the molecule is N#Cc1ccc(N2CCCN(S(=O)(=O)c3cccs3)CC2)nc1. The van der Waals surface area contributed by atoms with Crippen LogP contribution < -0.4 is 4.90 Å². The molecule has 0 amide bonds. The molecule has 8 heteroatoms. The third kappa shape index (κ3) is 3.37. The van der Waals surface area contributed by atoms with Crippen LogP contribution in [0.5, 0.6) is 0 Å². The van der Waals surface area contributed by atoms with Gasteiger partial charge in [-0.05, 0) is 30.0 Å². The van der Waals surface area contributed by atoms with Crippen LogP contribution in [0.4, 0.5) is 5.82 Å². The standard InChI is InChI=1S/C15H16N4O2S2/c16-11-13-4-5-14(17-12-13)18-6-2-7-19(9-8-18)23(20,21)15-3-1-10-22-15/h1,3-5,10,12H,2,6-9H2. The number of hydrogen-bond acceptors (Lipinski definition) is 6. The van der Waals surface area contributed by atoms with Crippen molar-refractivity contribution in [2.24, 2.45) is 0 Å². The fourth-order valence-corrected chi connectivity index (χ4v) is 5.15. The second-order valence-corrected chi connectivity index (χ2v) is 8.31. The Labute approximate surface area is 139 Å². The van der Waals surface area contributed by atoms with Crippen molar-refractivity contribution >= 4 is 27.2 Å². The summed E-state index contributed by atoms with van der Waals surface area (Å²) in [6, 6.07) is 8.98. The van der Waals surface area contributed by atoms with E-state index in [0.29, 0.717) is 29.4 Å². The molecule has 0 radical (unpaired) electrons. The molecule has 3 heterocycles. The number of thiophene rings is 1. The van der Waals surface area contributed by atoms with Gasteiger partial charge in [0.15, 0.2) is 0 Å². The zero-order valence-corrected chi connectivity index (χ0v) is 14.1. The van der Waals surface area contributed by atoms with Gasteiger partial charge in [0.2, 0.25) is 0 Å². The lowest BCUT2D eigenvalue weighted by molar-refractivity contribution is 0.434. The summed E-state index contributed by atoms with van der Waals surface area (Å²) in [4.78, 5) is 6.35. The first-order valence-corrected chi connectivity index (χ1v) is 9.58. The molecule has 1 aliphatic rings. The highest BCUT2D eigenvalue weighted by atomic mass is 32.2. The van der Waals surface area contributed by atoms with Crippen LogP contribution in [0.3, 0.4) is 0 Å². The maximum Gasteiger partial charge on any atom is 0.252 e. The number of pyridine rings is 1. The summed E-state index contributed by atoms with van der Waals surface area (Å²) in [5, 5.41) is 10.6. The molecule has 1 fully saturated rings. The number of rotatable bonds is 3. The third-order valence-corrected chi connectivity index (χ3v) is 7.02. The maximum atomic E-state index is 12.6. The molecule has 6 nitrogen and oxygen atoms in total. The molecule has 0 spiro atoms. The molecule has 2 aromatic heterocycles. The first kappa shape index (κ1) is 15.9. The quantitative estimate of drug-likeness (QED) is 0.847. The highest BCUT2D eigenvalue weighted by molar-refractivity contribution is 7.91. The molecule has 0 aliphatic carbocycles. The van der Waals surface area contributed by atoms with Crippen LogP contribution in [0.2, 0.25) is 0 Å². The predicted molar refractivity (Wildman–Crippen MR) is 88.9 cm³/mol. The summed E-state index contributed by atoms with van der Waals surface area (Å²) >= 11 is 1.25. The van der Waals surface area contributed by atoms with Gasteiger partial charge >= 0.3 is 0 Å². The van der Waals surface area contributed by atoms with E-state index in [0.717, 1.165) is 18.8 Å². The zero-order valence-electron chi connectivity index (χ0n) is 12.4. The van der Waals surface area contributed by atoms with Gasteiger partial charge in [0.1, 0.15) is 16.1 Å². The minimum Gasteiger partial charge on any atom is -0.355 e. The molecule has 2 aromatic rings. The second kappa shape index (κ2) is 6.66. The molecule has 120 valence electrons. The lowest BCUT2D eigenvalue weighted by Crippen LogP contribution is -2.35. The van der Waals surface area contributed by atoms with Gasteiger partial charge in [-0.3, -0.25) is 0 Å². The molecule has 0 atom stereocenters. The Balaban J connectivity index is 1.73. The van der Waals surface area contributed by atoms with Crippen molar-refractivity contribution < 1.29 is 8.42 Å². The molecule has 3 rings (SSSR count). The molecule has 1 saturated heterocycles. The van der Waals surface area contributed by atoms with E-state index in [1.54, 1.807) is 34.1 Å². The van der Waals surface area contributed by atoms with Crippen LogP contribution in [-0.2, 0) is 10.0 Å². The topological polar surface area (TPSA) is 77.3 Å². The zero-order chi connectivity index (χ0) is 16.3. The van der Waals surface area contributed by atoms with Gasteiger partial charge in [-0.15, -0.1) is 11.3 Å². The van der Waals surface area contributed by atoms with E-state index < -0.39 is 10.0 Å². The van der Waals surface area contributed by atoms with Crippen molar-refractivity contribution in [1.29, 1.82) is 5.26 Å². The molecule has 0 N–H and O–H groups in total. The predicted octanol–water partition coefficient (Wildman–Crippen LogP) is 1.92. The summed E-state index contributed by atoms with van der Waals surface area (Å²) in [5.41, 5.74) is 0.519. The number of sulfonamides is 1. The number of nitriles is 1. The summed E-state index contributed by atoms with van der Waals surface area (Å²) in [6.45, 7) is 2.27. The lowest BCUT2D eigenvalue weighted by atomic mass is 10.3. The van der Waals surface area contributed by atoms with Crippen LogP contribution >= 0.6 is 11.3 Å². The minimum absolute atomic E-state index is 0.391. The summed E-state index contributed by atoms with van der Waals surface area (Å²) < 4.78 is 27.1. The van der Waals surface area contributed by atoms with Crippen molar-refractivity contribution in [3.8, 4) is 6.07 Å². The van der Waals surface area contributed by atoms with Gasteiger partial charge in [0, 0.05) is 32.4 Å². The van der Waals surface area contributed by atoms with Crippen LogP contribution in [0.1, 0.15) is 12.0 Å². The summed E-state index contributed by atoms with van der Waals surface area (Å²) in [5.74, 6) is 0.777. The smallest absolute Gasteiger partial charge is 0.252 e. The number of nitrogens with zero attached hydrogens (tertiary/aromatic N) is 4. The molecular weight excluding hydrogens is 332 g/mol. The van der Waals surface area contributed by atoms with E-state index in [1.807, 2.05) is 12.1 Å². The van der Waals surface area contributed by atoms with Crippen LogP contribution in [-0.4, -0.2) is 43.9 Å². The number of anilines is 1. The van der Waals surface area contributed by atoms with Gasteiger partial charge in [0.25, 0.3) is 10.0 Å². The van der Waals surface area contributed by atoms with Gasteiger partial charge in [0.05, 0.1) is 5.56 Å². The van der Waals surface area contributed by atoms with E-state index in [9.17, 15) is 8.42 Å². The van der Waals surface area contributed by atoms with E-state index in [4.69, 9.17) is 5.26 Å². The third-order valence-electron chi connectivity index (χ3n) is 3.75. The molecule has 0 bridgehead atoms. The molecule has 23 heavy (non-hydrogen) atoms. The van der Waals surface area contributed by atoms with Crippen LogP contribution in [0, 0.1) is 11.3 Å². The van der Waals surface area contributed by atoms with E-state index in [1.165, 1.54) is 11.3 Å².